The Bertz CT molecular complexity index is 844. The Hall–Kier alpha value is -2.89. The fourth-order valence-corrected chi connectivity index (χ4v) is 3.10. The molecule has 1 atom stereocenters. The summed E-state index contributed by atoms with van der Waals surface area (Å²) in [4.78, 5) is 23.0. The number of nitrogens with zero attached hydrogens (tertiary/aromatic N) is 1. The van der Waals surface area contributed by atoms with Gasteiger partial charge in [0.2, 0.25) is 0 Å². The van der Waals surface area contributed by atoms with Gasteiger partial charge in [-0.3, -0.25) is 10.1 Å². The molecule has 0 saturated carbocycles. The van der Waals surface area contributed by atoms with E-state index in [0.717, 1.165) is 11.1 Å². The number of carbonyl (C=O) groups excluding carboxylic acids is 1. The highest BCUT2D eigenvalue weighted by Crippen LogP contribution is 2.40. The van der Waals surface area contributed by atoms with Gasteiger partial charge in [0.15, 0.2) is 0 Å². The van der Waals surface area contributed by atoms with Gasteiger partial charge in [-0.2, -0.15) is 0 Å². The maximum atomic E-state index is 12.4. The summed E-state index contributed by atoms with van der Waals surface area (Å²) in [5, 5.41) is 11.0. The summed E-state index contributed by atoms with van der Waals surface area (Å²) in [5.74, 6) is -0.0241. The zero-order valence-corrected chi connectivity index (χ0v) is 13.7. The Morgan fingerprint density at radius 3 is 2.75 bits per heavy atom. The van der Waals surface area contributed by atoms with E-state index in [1.807, 2.05) is 19.9 Å². The Morgan fingerprint density at radius 1 is 1.33 bits per heavy atom. The molecule has 1 heterocycles. The molecule has 0 fully saturated rings. The van der Waals surface area contributed by atoms with Crippen molar-refractivity contribution in [2.45, 2.75) is 26.4 Å². The first-order valence-corrected chi connectivity index (χ1v) is 7.58. The van der Waals surface area contributed by atoms with Crippen LogP contribution in [0, 0.1) is 17.0 Å². The number of ether oxygens (including phenoxy) is 2. The molecule has 0 aliphatic carbocycles. The molecular weight excluding hydrogens is 310 g/mol. The summed E-state index contributed by atoms with van der Waals surface area (Å²) in [6.07, 6.45) is 0.440. The average Bonchev–Trinajstić information content (AvgIpc) is 2.55. The fraction of sp³-hybridized carbons (Fsp3) is 0.278. The summed E-state index contributed by atoms with van der Waals surface area (Å²) in [6, 6.07) is 8.18. The monoisotopic (exact) mass is 327 g/mol. The van der Waals surface area contributed by atoms with Crippen LogP contribution < -0.4 is 4.74 Å². The second-order valence-electron chi connectivity index (χ2n) is 5.86. The first kappa shape index (κ1) is 16.0. The van der Waals surface area contributed by atoms with Gasteiger partial charge in [-0.1, -0.05) is 12.1 Å². The predicted molar refractivity (Wildman–Crippen MR) is 88.4 cm³/mol. The van der Waals surface area contributed by atoms with Crippen molar-refractivity contribution in [2.24, 2.45) is 0 Å². The summed E-state index contributed by atoms with van der Waals surface area (Å²) in [5.41, 5.74) is 3.51. The molecule has 1 aliphatic rings. The first-order valence-electron chi connectivity index (χ1n) is 7.58. The zero-order chi connectivity index (χ0) is 17.4. The SMILES string of the molecule is COc1c(-c2cccc([N+](=O)[O-])c2)cc(C)c2c1C(=O)O[C@H](C)C2. The van der Waals surface area contributed by atoms with Crippen molar-refractivity contribution in [3.63, 3.8) is 0 Å². The van der Waals surface area contributed by atoms with Crippen LogP contribution in [0.2, 0.25) is 0 Å². The molecule has 0 unspecified atom stereocenters. The Kier molecular flexibility index (Phi) is 3.97. The first-order chi connectivity index (χ1) is 11.4. The van der Waals surface area contributed by atoms with Crippen molar-refractivity contribution in [3.8, 4) is 16.9 Å². The number of non-ortho nitro benzene ring substituents is 1. The van der Waals surface area contributed by atoms with Crippen LogP contribution in [-0.4, -0.2) is 24.1 Å². The molecule has 3 rings (SSSR count). The molecule has 6 heteroatoms. The van der Waals surface area contributed by atoms with Crippen molar-refractivity contribution in [1.29, 1.82) is 0 Å². The largest absolute Gasteiger partial charge is 0.495 e. The third-order valence-electron chi connectivity index (χ3n) is 4.19. The van der Waals surface area contributed by atoms with Crippen LogP contribution >= 0.6 is 0 Å². The van der Waals surface area contributed by atoms with Gasteiger partial charge in [0.05, 0.1) is 12.0 Å². The molecule has 6 nitrogen and oxygen atoms in total. The Balaban J connectivity index is 2.25. The van der Waals surface area contributed by atoms with Crippen molar-refractivity contribution in [1.82, 2.24) is 0 Å². The minimum Gasteiger partial charge on any atom is -0.495 e. The lowest BCUT2D eigenvalue weighted by Crippen LogP contribution is -2.26. The third kappa shape index (κ3) is 2.60. The van der Waals surface area contributed by atoms with Crippen molar-refractivity contribution < 1.29 is 19.2 Å². The van der Waals surface area contributed by atoms with Gasteiger partial charge in [-0.05, 0) is 36.6 Å². The van der Waals surface area contributed by atoms with Gasteiger partial charge >= 0.3 is 5.97 Å². The quantitative estimate of drug-likeness (QED) is 0.488. The molecule has 1 aliphatic heterocycles. The molecule has 0 N–H and O–H groups in total. The van der Waals surface area contributed by atoms with Crippen LogP contribution in [0.4, 0.5) is 5.69 Å². The summed E-state index contributed by atoms with van der Waals surface area (Å²) in [7, 11) is 1.48. The van der Waals surface area contributed by atoms with E-state index in [9.17, 15) is 14.9 Å². The molecular formula is C18H17NO5. The van der Waals surface area contributed by atoms with Crippen LogP contribution in [0.25, 0.3) is 11.1 Å². The van der Waals surface area contributed by atoms with E-state index < -0.39 is 10.9 Å². The number of hydrogen-bond donors (Lipinski definition) is 0. The number of carbonyl (C=O) groups is 1. The second kappa shape index (κ2) is 5.96. The fourth-order valence-electron chi connectivity index (χ4n) is 3.10. The van der Waals surface area contributed by atoms with Crippen molar-refractivity contribution in [2.75, 3.05) is 7.11 Å². The number of methoxy groups -OCH3 is 1. The highest BCUT2D eigenvalue weighted by molar-refractivity contribution is 5.99. The number of fused-ring (bicyclic) bond motifs is 1. The zero-order valence-electron chi connectivity index (χ0n) is 13.7. The van der Waals surface area contributed by atoms with Crippen LogP contribution in [0.3, 0.4) is 0 Å². The summed E-state index contributed by atoms with van der Waals surface area (Å²) < 4.78 is 10.8. The molecule has 24 heavy (non-hydrogen) atoms. The van der Waals surface area contributed by atoms with E-state index in [-0.39, 0.29) is 11.8 Å². The average molecular weight is 327 g/mol. The topological polar surface area (TPSA) is 78.7 Å². The van der Waals surface area contributed by atoms with Gasteiger partial charge in [0.1, 0.15) is 17.4 Å². The summed E-state index contributed by atoms with van der Waals surface area (Å²) >= 11 is 0. The molecule has 0 aromatic heterocycles. The van der Waals surface area contributed by atoms with Crippen LogP contribution in [0.15, 0.2) is 30.3 Å². The predicted octanol–water partition coefficient (Wildman–Crippen LogP) is 3.68. The molecule has 0 amide bonds. The van der Waals surface area contributed by atoms with Gasteiger partial charge < -0.3 is 9.47 Å². The minimum absolute atomic E-state index is 0.0128. The van der Waals surface area contributed by atoms with E-state index >= 15 is 0 Å². The second-order valence-corrected chi connectivity index (χ2v) is 5.86. The van der Waals surface area contributed by atoms with E-state index in [2.05, 4.69) is 0 Å². The highest BCUT2D eigenvalue weighted by atomic mass is 16.6. The Labute approximate surface area is 139 Å². The molecule has 124 valence electrons. The van der Waals surface area contributed by atoms with E-state index in [1.165, 1.54) is 19.2 Å². The number of rotatable bonds is 3. The molecule has 0 saturated heterocycles. The number of esters is 1. The van der Waals surface area contributed by atoms with Gasteiger partial charge in [-0.15, -0.1) is 0 Å². The molecule has 2 aromatic carbocycles. The van der Waals surface area contributed by atoms with E-state index in [1.54, 1.807) is 12.1 Å². The third-order valence-corrected chi connectivity index (χ3v) is 4.19. The number of nitro groups is 1. The van der Waals surface area contributed by atoms with Crippen LogP contribution in [0.1, 0.15) is 28.4 Å². The lowest BCUT2D eigenvalue weighted by atomic mass is 9.89. The molecule has 0 radical (unpaired) electrons. The minimum atomic E-state index is -0.447. The Morgan fingerprint density at radius 2 is 2.08 bits per heavy atom. The molecule has 0 bridgehead atoms. The number of nitro benzene ring substituents is 1. The maximum absolute atomic E-state index is 12.4. The van der Waals surface area contributed by atoms with Crippen molar-refractivity contribution >= 4 is 11.7 Å². The number of hydrogen-bond acceptors (Lipinski definition) is 5. The van der Waals surface area contributed by atoms with Gasteiger partial charge in [0, 0.05) is 24.1 Å². The number of benzene rings is 2. The standard InChI is InChI=1S/C18H17NO5/c1-10-7-15(12-5-4-6-13(9-12)19(21)22)17(23-3)16-14(10)8-11(2)24-18(16)20/h4-7,9,11H,8H2,1-3H3/t11-/m1/s1. The number of aryl methyl sites for hydroxylation is 1. The summed E-state index contributed by atoms with van der Waals surface area (Å²) in [6.45, 7) is 3.77. The lowest BCUT2D eigenvalue weighted by molar-refractivity contribution is -0.384. The van der Waals surface area contributed by atoms with E-state index in [4.69, 9.17) is 9.47 Å². The lowest BCUT2D eigenvalue weighted by Gasteiger charge is -2.26. The normalized spacial score (nSPS) is 16.3. The smallest absolute Gasteiger partial charge is 0.342 e. The van der Waals surface area contributed by atoms with Gasteiger partial charge in [0.25, 0.3) is 5.69 Å². The maximum Gasteiger partial charge on any atom is 0.342 e. The number of cyclic esters (lactones) is 1. The van der Waals surface area contributed by atoms with E-state index in [0.29, 0.717) is 28.9 Å². The van der Waals surface area contributed by atoms with Crippen LogP contribution in [-0.2, 0) is 11.2 Å². The molecule has 0 spiro atoms. The highest BCUT2D eigenvalue weighted by Gasteiger charge is 2.31. The van der Waals surface area contributed by atoms with Gasteiger partial charge in [-0.25, -0.2) is 4.79 Å². The van der Waals surface area contributed by atoms with Crippen LogP contribution in [0.5, 0.6) is 5.75 Å². The van der Waals surface area contributed by atoms with Crippen molar-refractivity contribution in [3.05, 3.63) is 57.1 Å². The molecule has 2 aromatic rings.